The van der Waals surface area contributed by atoms with Crippen LogP contribution in [0.2, 0.25) is 0 Å². The lowest BCUT2D eigenvalue weighted by molar-refractivity contribution is -0.141. The zero-order chi connectivity index (χ0) is 12.5. The molecule has 0 aromatic heterocycles. The Morgan fingerprint density at radius 2 is 2.22 bits per heavy atom. The first kappa shape index (κ1) is 11.3. The second kappa shape index (κ2) is 4.49. The minimum absolute atomic E-state index is 0.223. The average Bonchev–Trinajstić information content (AvgIpc) is 2.96. The van der Waals surface area contributed by atoms with E-state index in [1.54, 1.807) is 0 Å². The van der Waals surface area contributed by atoms with Crippen LogP contribution in [0.4, 0.5) is 0 Å². The van der Waals surface area contributed by atoms with Crippen LogP contribution in [0.5, 0.6) is 11.5 Å². The number of ether oxygens (including phenoxy) is 2. The molecule has 0 amide bonds. The summed E-state index contributed by atoms with van der Waals surface area (Å²) in [6, 6.07) is 5.88. The van der Waals surface area contributed by atoms with Crippen molar-refractivity contribution in [3.8, 4) is 11.5 Å². The van der Waals surface area contributed by atoms with Crippen LogP contribution in [0.15, 0.2) is 18.2 Å². The molecule has 1 aromatic rings. The Labute approximate surface area is 105 Å². The highest BCUT2D eigenvalue weighted by Gasteiger charge is 2.28. The van der Waals surface area contributed by atoms with Crippen LogP contribution in [-0.4, -0.2) is 35.9 Å². The average molecular weight is 249 g/mol. The third-order valence-corrected chi connectivity index (χ3v) is 3.46. The lowest BCUT2D eigenvalue weighted by atomic mass is 10.1. The SMILES string of the molecule is O=C(O)C1CCN(Cc2ccc3c(c2)OCO3)C1. The van der Waals surface area contributed by atoms with E-state index < -0.39 is 5.97 Å². The van der Waals surface area contributed by atoms with E-state index in [4.69, 9.17) is 14.6 Å². The van der Waals surface area contributed by atoms with Gasteiger partial charge in [-0.1, -0.05) is 6.07 Å². The third-order valence-electron chi connectivity index (χ3n) is 3.46. The molecule has 0 aliphatic carbocycles. The molecular formula is C13H15NO4. The molecule has 1 unspecified atom stereocenters. The largest absolute Gasteiger partial charge is 0.481 e. The Kier molecular flexibility index (Phi) is 2.83. The van der Waals surface area contributed by atoms with Gasteiger partial charge in [0.2, 0.25) is 6.79 Å². The maximum Gasteiger partial charge on any atom is 0.307 e. The number of rotatable bonds is 3. The van der Waals surface area contributed by atoms with Crippen LogP contribution in [0.25, 0.3) is 0 Å². The van der Waals surface area contributed by atoms with E-state index in [0.29, 0.717) is 6.54 Å². The van der Waals surface area contributed by atoms with E-state index in [0.717, 1.165) is 36.6 Å². The molecule has 96 valence electrons. The zero-order valence-corrected chi connectivity index (χ0v) is 9.96. The van der Waals surface area contributed by atoms with Gasteiger partial charge in [-0.25, -0.2) is 0 Å². The van der Waals surface area contributed by atoms with E-state index >= 15 is 0 Å². The molecular weight excluding hydrogens is 234 g/mol. The quantitative estimate of drug-likeness (QED) is 0.875. The van der Waals surface area contributed by atoms with Gasteiger partial charge in [0.05, 0.1) is 5.92 Å². The van der Waals surface area contributed by atoms with Crippen LogP contribution in [-0.2, 0) is 11.3 Å². The van der Waals surface area contributed by atoms with E-state index in [-0.39, 0.29) is 12.7 Å². The molecule has 5 heteroatoms. The molecule has 1 saturated heterocycles. The molecule has 3 rings (SSSR count). The number of fused-ring (bicyclic) bond motifs is 1. The smallest absolute Gasteiger partial charge is 0.307 e. The number of carbonyl (C=O) groups is 1. The predicted molar refractivity (Wildman–Crippen MR) is 63.6 cm³/mol. The highest BCUT2D eigenvalue weighted by atomic mass is 16.7. The Morgan fingerprint density at radius 1 is 1.39 bits per heavy atom. The van der Waals surface area contributed by atoms with Crippen molar-refractivity contribution in [1.29, 1.82) is 0 Å². The fourth-order valence-corrected chi connectivity index (χ4v) is 2.48. The van der Waals surface area contributed by atoms with Gasteiger partial charge in [-0.2, -0.15) is 0 Å². The lowest BCUT2D eigenvalue weighted by Gasteiger charge is -2.15. The van der Waals surface area contributed by atoms with E-state index in [1.165, 1.54) is 0 Å². The van der Waals surface area contributed by atoms with Gasteiger partial charge in [-0.05, 0) is 30.7 Å². The molecule has 2 aliphatic rings. The third kappa shape index (κ3) is 2.13. The fourth-order valence-electron chi connectivity index (χ4n) is 2.48. The van der Waals surface area contributed by atoms with Crippen molar-refractivity contribution in [2.75, 3.05) is 19.9 Å². The molecule has 0 bridgehead atoms. The fraction of sp³-hybridized carbons (Fsp3) is 0.462. The summed E-state index contributed by atoms with van der Waals surface area (Å²) < 4.78 is 10.6. The van der Waals surface area contributed by atoms with Gasteiger partial charge < -0.3 is 14.6 Å². The van der Waals surface area contributed by atoms with Crippen molar-refractivity contribution in [3.63, 3.8) is 0 Å². The topological polar surface area (TPSA) is 59.0 Å². The number of benzene rings is 1. The maximum atomic E-state index is 10.9. The van der Waals surface area contributed by atoms with Crippen molar-refractivity contribution in [2.45, 2.75) is 13.0 Å². The molecule has 5 nitrogen and oxygen atoms in total. The Balaban J connectivity index is 1.65. The van der Waals surface area contributed by atoms with Crippen LogP contribution in [0, 0.1) is 5.92 Å². The van der Waals surface area contributed by atoms with Crippen LogP contribution < -0.4 is 9.47 Å². The van der Waals surface area contributed by atoms with Crippen molar-refractivity contribution in [3.05, 3.63) is 23.8 Å². The van der Waals surface area contributed by atoms with Crippen LogP contribution in [0.1, 0.15) is 12.0 Å². The summed E-state index contributed by atoms with van der Waals surface area (Å²) in [5.74, 6) is 0.646. The van der Waals surface area contributed by atoms with Gasteiger partial charge in [0.15, 0.2) is 11.5 Å². The summed E-state index contributed by atoms with van der Waals surface area (Å²) in [6.45, 7) is 2.51. The van der Waals surface area contributed by atoms with Crippen LogP contribution >= 0.6 is 0 Å². The normalized spacial score (nSPS) is 22.3. The number of likely N-dealkylation sites (tertiary alicyclic amines) is 1. The summed E-state index contributed by atoms with van der Waals surface area (Å²) in [6.07, 6.45) is 0.736. The lowest BCUT2D eigenvalue weighted by Crippen LogP contribution is -2.22. The van der Waals surface area contributed by atoms with Crippen molar-refractivity contribution in [1.82, 2.24) is 4.90 Å². The second-order valence-electron chi connectivity index (χ2n) is 4.75. The number of hydrogen-bond donors (Lipinski definition) is 1. The molecule has 1 fully saturated rings. The molecule has 2 aliphatic heterocycles. The summed E-state index contributed by atoms with van der Waals surface area (Å²) in [5.41, 5.74) is 1.13. The van der Waals surface area contributed by atoms with Crippen LogP contribution in [0.3, 0.4) is 0 Å². The van der Waals surface area contributed by atoms with E-state index in [2.05, 4.69) is 4.90 Å². The standard InChI is InChI=1S/C13H15NO4/c15-13(16)10-3-4-14(7-10)6-9-1-2-11-12(5-9)18-8-17-11/h1-2,5,10H,3-4,6-8H2,(H,15,16). The molecule has 18 heavy (non-hydrogen) atoms. The summed E-state index contributed by atoms with van der Waals surface area (Å²) in [7, 11) is 0. The number of aliphatic carboxylic acids is 1. The van der Waals surface area contributed by atoms with Gasteiger partial charge in [-0.3, -0.25) is 9.69 Å². The summed E-state index contributed by atoms with van der Waals surface area (Å²) in [5, 5.41) is 8.96. The first-order valence-corrected chi connectivity index (χ1v) is 6.06. The number of carboxylic acids is 1. The molecule has 1 N–H and O–H groups in total. The van der Waals surface area contributed by atoms with Crippen molar-refractivity contribution >= 4 is 5.97 Å². The monoisotopic (exact) mass is 249 g/mol. The minimum atomic E-state index is -0.691. The van der Waals surface area contributed by atoms with Gasteiger partial charge >= 0.3 is 5.97 Å². The van der Waals surface area contributed by atoms with Gasteiger partial charge in [0.1, 0.15) is 0 Å². The molecule has 2 heterocycles. The maximum absolute atomic E-state index is 10.9. The molecule has 0 saturated carbocycles. The molecule has 0 spiro atoms. The van der Waals surface area contributed by atoms with Gasteiger partial charge in [0, 0.05) is 13.1 Å². The van der Waals surface area contributed by atoms with Crippen molar-refractivity contribution in [2.24, 2.45) is 5.92 Å². The Morgan fingerprint density at radius 3 is 3.00 bits per heavy atom. The number of carboxylic acid groups (broad SMARTS) is 1. The van der Waals surface area contributed by atoms with E-state index in [1.807, 2.05) is 18.2 Å². The number of nitrogens with zero attached hydrogens (tertiary/aromatic N) is 1. The Bertz CT molecular complexity index is 474. The Hall–Kier alpha value is -1.75. The highest BCUT2D eigenvalue weighted by molar-refractivity contribution is 5.70. The molecule has 1 atom stereocenters. The highest BCUT2D eigenvalue weighted by Crippen LogP contribution is 2.33. The molecule has 0 radical (unpaired) electrons. The second-order valence-corrected chi connectivity index (χ2v) is 4.75. The van der Waals surface area contributed by atoms with E-state index in [9.17, 15) is 4.79 Å². The summed E-state index contributed by atoms with van der Waals surface area (Å²) >= 11 is 0. The minimum Gasteiger partial charge on any atom is -0.481 e. The molecule has 1 aromatic carbocycles. The predicted octanol–water partition coefficient (Wildman–Crippen LogP) is 1.32. The van der Waals surface area contributed by atoms with Crippen molar-refractivity contribution < 1.29 is 19.4 Å². The first-order valence-electron chi connectivity index (χ1n) is 6.06. The summed E-state index contributed by atoms with van der Waals surface area (Å²) in [4.78, 5) is 13.1. The first-order chi connectivity index (χ1) is 8.72. The van der Waals surface area contributed by atoms with Gasteiger partial charge in [-0.15, -0.1) is 0 Å². The zero-order valence-electron chi connectivity index (χ0n) is 9.96. The number of hydrogen-bond acceptors (Lipinski definition) is 4. The van der Waals surface area contributed by atoms with Gasteiger partial charge in [0.25, 0.3) is 0 Å².